The maximum Gasteiger partial charge on any atom is 0.330 e. The Kier molecular flexibility index (Phi) is 10.5. The van der Waals surface area contributed by atoms with Crippen LogP contribution in [0.25, 0.3) is 64.6 Å². The summed E-state index contributed by atoms with van der Waals surface area (Å²) in [5, 5.41) is 15.7. The highest BCUT2D eigenvalue weighted by Gasteiger charge is 2.50. The Bertz CT molecular complexity index is 2340. The van der Waals surface area contributed by atoms with E-state index in [2.05, 4.69) is 165 Å². The number of hydrogen-bond donors (Lipinski definition) is 0. The second-order valence-electron chi connectivity index (χ2n) is 18.1. The molecule has 0 bridgehead atoms. The lowest BCUT2D eigenvalue weighted by Crippen LogP contribution is -2.57. The van der Waals surface area contributed by atoms with E-state index in [1.165, 1.54) is 75.8 Å². The second-order valence-corrected chi connectivity index (χ2v) is 24.7. The van der Waals surface area contributed by atoms with Gasteiger partial charge >= 0.3 is 17.1 Å². The minimum absolute atomic E-state index is 0.439. The third kappa shape index (κ3) is 7.54. The maximum atomic E-state index is 8.00. The molecule has 0 aliphatic rings. The van der Waals surface area contributed by atoms with Crippen LogP contribution in [0.4, 0.5) is 0 Å². The summed E-state index contributed by atoms with van der Waals surface area (Å²) in [5.74, 6) is 1.76. The minimum Gasteiger partial charge on any atom is -0.414 e. The summed E-state index contributed by atoms with van der Waals surface area (Å²) in [5.41, 5.74) is 2.49. The zero-order chi connectivity index (χ0) is 38.5. The van der Waals surface area contributed by atoms with Crippen molar-refractivity contribution in [3.05, 3.63) is 120 Å². The van der Waals surface area contributed by atoms with Gasteiger partial charge in [-0.3, -0.25) is 0 Å². The molecule has 0 spiro atoms. The van der Waals surface area contributed by atoms with Crippen molar-refractivity contribution in [2.75, 3.05) is 0 Å². The smallest absolute Gasteiger partial charge is 0.330 e. The van der Waals surface area contributed by atoms with E-state index in [1.54, 1.807) is 0 Å². The molecule has 0 heterocycles. The molecule has 0 unspecified atom stereocenters. The Morgan fingerprint density at radius 2 is 0.655 bits per heavy atom. The van der Waals surface area contributed by atoms with E-state index in [4.69, 9.17) is 13.0 Å². The van der Waals surface area contributed by atoms with E-state index >= 15 is 0 Å². The van der Waals surface area contributed by atoms with Crippen LogP contribution in [-0.2, 0) is 26.2 Å². The molecule has 0 amide bonds. The second kappa shape index (κ2) is 15.2. The molecule has 0 aromatic heterocycles. The van der Waals surface area contributed by atoms with Crippen LogP contribution in [0, 0.1) is 23.7 Å². The summed E-state index contributed by atoms with van der Waals surface area (Å²) in [6.45, 7) is 19.8. The SMILES string of the molecule is CC(C)C[Si](CC(C)C)(OCc1ccc2ccc3cccc4ccc1c2c34)O[Si](CC(C)C)(CC(C)C)OCc1ccc2ccc3cccc4ccc1c2c34. The lowest BCUT2D eigenvalue weighted by atomic mass is 9.92. The average molecular weight is 763 g/mol. The van der Waals surface area contributed by atoms with Gasteiger partial charge in [0.25, 0.3) is 0 Å². The molecule has 284 valence electrons. The lowest BCUT2D eigenvalue weighted by Gasteiger charge is -2.44. The van der Waals surface area contributed by atoms with Crippen LogP contribution in [0.2, 0.25) is 24.2 Å². The topological polar surface area (TPSA) is 27.7 Å². The molecule has 0 N–H and O–H groups in total. The molecule has 8 rings (SSSR count). The Hall–Kier alpha value is -3.85. The monoisotopic (exact) mass is 762 g/mol. The van der Waals surface area contributed by atoms with Crippen LogP contribution in [0.5, 0.6) is 0 Å². The predicted octanol–water partition coefficient (Wildman–Crippen LogP) is 14.7. The Morgan fingerprint density at radius 3 is 0.982 bits per heavy atom. The first-order valence-electron chi connectivity index (χ1n) is 20.7. The van der Waals surface area contributed by atoms with Crippen LogP contribution < -0.4 is 0 Å². The minimum atomic E-state index is -2.85. The molecule has 3 nitrogen and oxygen atoms in total. The van der Waals surface area contributed by atoms with Crippen molar-refractivity contribution in [1.29, 1.82) is 0 Å². The molecule has 0 saturated heterocycles. The van der Waals surface area contributed by atoms with Crippen molar-refractivity contribution in [2.24, 2.45) is 23.7 Å². The number of rotatable bonds is 16. The first kappa shape index (κ1) is 38.0. The number of benzene rings is 8. The molecule has 0 radical (unpaired) electrons. The van der Waals surface area contributed by atoms with Gasteiger partial charge in [-0.25, -0.2) is 0 Å². The molecule has 8 aromatic rings. The van der Waals surface area contributed by atoms with E-state index in [0.717, 1.165) is 24.2 Å². The van der Waals surface area contributed by atoms with E-state index in [0.29, 0.717) is 36.9 Å². The van der Waals surface area contributed by atoms with Gasteiger partial charge in [-0.05, 0) is 124 Å². The summed E-state index contributed by atoms with van der Waals surface area (Å²) in [6.07, 6.45) is 0. The predicted molar refractivity (Wildman–Crippen MR) is 241 cm³/mol. The molecule has 0 atom stereocenters. The first-order chi connectivity index (χ1) is 26.4. The zero-order valence-electron chi connectivity index (χ0n) is 34.2. The van der Waals surface area contributed by atoms with E-state index in [9.17, 15) is 0 Å². The summed E-state index contributed by atoms with van der Waals surface area (Å²) >= 11 is 0. The van der Waals surface area contributed by atoms with Crippen molar-refractivity contribution < 1.29 is 13.0 Å². The van der Waals surface area contributed by atoms with Gasteiger partial charge in [0.1, 0.15) is 0 Å². The normalized spacial score (nSPS) is 13.3. The first-order valence-corrected chi connectivity index (χ1v) is 25.2. The fourth-order valence-corrected chi connectivity index (χ4v) is 20.9. The fourth-order valence-electron chi connectivity index (χ4n) is 9.72. The van der Waals surface area contributed by atoms with E-state index in [1.807, 2.05) is 0 Å². The molecular formula is C50H58O3Si2. The quantitative estimate of drug-likeness (QED) is 0.0725. The van der Waals surface area contributed by atoms with Gasteiger partial charge in [0, 0.05) is 0 Å². The van der Waals surface area contributed by atoms with Gasteiger partial charge in [-0.15, -0.1) is 0 Å². The van der Waals surface area contributed by atoms with Crippen LogP contribution in [0.15, 0.2) is 109 Å². The van der Waals surface area contributed by atoms with Crippen LogP contribution in [0.1, 0.15) is 66.5 Å². The summed E-state index contributed by atoms with van der Waals surface area (Å²) in [6, 6.07) is 44.5. The highest BCUT2D eigenvalue weighted by Crippen LogP contribution is 2.42. The van der Waals surface area contributed by atoms with Gasteiger partial charge in [-0.2, -0.15) is 0 Å². The highest BCUT2D eigenvalue weighted by atomic mass is 28.5. The maximum absolute atomic E-state index is 8.00. The van der Waals surface area contributed by atoms with Crippen molar-refractivity contribution in [3.8, 4) is 0 Å². The summed E-state index contributed by atoms with van der Waals surface area (Å²) in [4.78, 5) is 0. The standard InChI is InChI=1S/C50H58O3Si2/c1-33(2)29-54(30-34(3)4,51-27-43-21-19-41-17-15-37-11-9-13-39-23-25-45(43)49(41)47(37)39)53-55(31-35(5)6,32-36(7)8)52-28-44-22-20-42-18-16-38-12-10-14-40-24-26-46(44)50(42)48(38)40/h9-26,33-36H,27-32H2,1-8H3. The fraction of sp³-hybridized carbons (Fsp3) is 0.360. The molecule has 5 heteroatoms. The van der Waals surface area contributed by atoms with Gasteiger partial charge in [0.2, 0.25) is 0 Å². The molecule has 0 fully saturated rings. The van der Waals surface area contributed by atoms with E-state index in [-0.39, 0.29) is 0 Å². The van der Waals surface area contributed by atoms with Crippen molar-refractivity contribution in [1.82, 2.24) is 0 Å². The molecule has 0 saturated carbocycles. The summed E-state index contributed by atoms with van der Waals surface area (Å²) in [7, 11) is -5.69. The average Bonchev–Trinajstić information content (AvgIpc) is 3.13. The molecular weight excluding hydrogens is 705 g/mol. The van der Waals surface area contributed by atoms with Gasteiger partial charge in [0.15, 0.2) is 0 Å². The highest BCUT2D eigenvalue weighted by molar-refractivity contribution is 6.81. The third-order valence-electron chi connectivity index (χ3n) is 11.5. The van der Waals surface area contributed by atoms with Crippen molar-refractivity contribution in [2.45, 2.75) is 92.8 Å². The Balaban J connectivity index is 1.19. The van der Waals surface area contributed by atoms with Crippen molar-refractivity contribution in [3.63, 3.8) is 0 Å². The van der Waals surface area contributed by atoms with Crippen LogP contribution in [-0.4, -0.2) is 17.1 Å². The third-order valence-corrected chi connectivity index (χ3v) is 21.5. The number of hydrogen-bond acceptors (Lipinski definition) is 3. The van der Waals surface area contributed by atoms with Gasteiger partial charge < -0.3 is 13.0 Å². The molecule has 0 aliphatic carbocycles. The van der Waals surface area contributed by atoms with Crippen LogP contribution >= 0.6 is 0 Å². The van der Waals surface area contributed by atoms with Crippen LogP contribution in [0.3, 0.4) is 0 Å². The van der Waals surface area contributed by atoms with Gasteiger partial charge in [0.05, 0.1) is 13.2 Å². The Labute approximate surface area is 330 Å². The van der Waals surface area contributed by atoms with Gasteiger partial charge in [-0.1, -0.05) is 165 Å². The van der Waals surface area contributed by atoms with Crippen molar-refractivity contribution >= 4 is 81.8 Å². The Morgan fingerprint density at radius 1 is 0.364 bits per heavy atom. The largest absolute Gasteiger partial charge is 0.414 e. The lowest BCUT2D eigenvalue weighted by molar-refractivity contribution is 0.159. The zero-order valence-corrected chi connectivity index (χ0v) is 36.2. The molecule has 0 aliphatic heterocycles. The molecule has 55 heavy (non-hydrogen) atoms. The summed E-state index contributed by atoms with van der Waals surface area (Å²) < 4.78 is 23.0. The molecule has 8 aromatic carbocycles. The van der Waals surface area contributed by atoms with E-state index < -0.39 is 17.1 Å².